The molecule has 0 bridgehead atoms. The maximum Gasteiger partial charge on any atom is 0.229 e. The topological polar surface area (TPSA) is 29.5 Å². The quantitative estimate of drug-likeness (QED) is 0.777. The summed E-state index contributed by atoms with van der Waals surface area (Å²) < 4.78 is 5.83. The summed E-state index contributed by atoms with van der Waals surface area (Å²) in [5.41, 5.74) is 1.06. The summed E-state index contributed by atoms with van der Waals surface area (Å²) in [6.45, 7) is 1.05. The van der Waals surface area contributed by atoms with Crippen molar-refractivity contribution in [3.8, 4) is 12.3 Å². The first-order valence-electron chi connectivity index (χ1n) is 6.59. The maximum absolute atomic E-state index is 12.4. The summed E-state index contributed by atoms with van der Waals surface area (Å²) in [6, 6.07) is 9.93. The highest BCUT2D eigenvalue weighted by atomic mass is 16.5. The molecule has 0 spiro atoms. The molecule has 1 aromatic rings. The summed E-state index contributed by atoms with van der Waals surface area (Å²) in [7, 11) is 1.75. The maximum atomic E-state index is 12.4. The van der Waals surface area contributed by atoms with E-state index in [1.54, 1.807) is 11.9 Å². The first-order valence-corrected chi connectivity index (χ1v) is 6.59. The van der Waals surface area contributed by atoms with Gasteiger partial charge in [0.2, 0.25) is 5.91 Å². The number of hydrogen-bond donors (Lipinski definition) is 0. The summed E-state index contributed by atoms with van der Waals surface area (Å²) in [4.78, 5) is 14.0. The van der Waals surface area contributed by atoms with Crippen LogP contribution >= 0.6 is 0 Å². The number of carbonyl (C=O) groups excluding carboxylic acids is 1. The van der Waals surface area contributed by atoms with Crippen molar-refractivity contribution in [2.45, 2.75) is 18.9 Å². The minimum atomic E-state index is -0.150. The second-order valence-electron chi connectivity index (χ2n) is 4.85. The third-order valence-corrected chi connectivity index (χ3v) is 3.47. The molecule has 0 saturated carbocycles. The van der Waals surface area contributed by atoms with Crippen LogP contribution in [-0.2, 0) is 9.53 Å². The highest BCUT2D eigenvalue weighted by molar-refractivity contribution is 5.79. The Balaban J connectivity index is 2.17. The summed E-state index contributed by atoms with van der Waals surface area (Å²) in [6.07, 6.45) is 6.89. The molecule has 2 rings (SSSR count). The first-order chi connectivity index (χ1) is 9.24. The van der Waals surface area contributed by atoms with Gasteiger partial charge < -0.3 is 9.64 Å². The molecule has 1 aromatic carbocycles. The average Bonchev–Trinajstić information content (AvgIpc) is 2.47. The third kappa shape index (κ3) is 3.15. The van der Waals surface area contributed by atoms with Crippen molar-refractivity contribution in [1.29, 1.82) is 0 Å². The molecule has 1 amide bonds. The van der Waals surface area contributed by atoms with Crippen molar-refractivity contribution < 1.29 is 9.53 Å². The SMILES string of the molecule is C#CCN(C)C(=O)C1CCCOC1c1ccccc1. The first kappa shape index (κ1) is 13.6. The van der Waals surface area contributed by atoms with E-state index in [4.69, 9.17) is 11.2 Å². The van der Waals surface area contributed by atoms with E-state index in [2.05, 4.69) is 5.92 Å². The van der Waals surface area contributed by atoms with Crippen molar-refractivity contribution in [1.82, 2.24) is 4.90 Å². The zero-order chi connectivity index (χ0) is 13.7. The molecular weight excluding hydrogens is 238 g/mol. The van der Waals surface area contributed by atoms with Crippen LogP contribution in [0.4, 0.5) is 0 Å². The Hall–Kier alpha value is -1.79. The van der Waals surface area contributed by atoms with E-state index in [1.165, 1.54) is 0 Å². The number of carbonyl (C=O) groups is 1. The van der Waals surface area contributed by atoms with Crippen LogP contribution in [0.2, 0.25) is 0 Å². The number of nitrogens with zero attached hydrogens (tertiary/aromatic N) is 1. The molecule has 2 atom stereocenters. The molecule has 0 aromatic heterocycles. The number of amides is 1. The second kappa shape index (κ2) is 6.40. The van der Waals surface area contributed by atoms with E-state index >= 15 is 0 Å². The van der Waals surface area contributed by atoms with Crippen molar-refractivity contribution >= 4 is 5.91 Å². The molecule has 3 heteroatoms. The van der Waals surface area contributed by atoms with Crippen LogP contribution < -0.4 is 0 Å². The molecule has 100 valence electrons. The Bertz CT molecular complexity index is 463. The highest BCUT2D eigenvalue weighted by Crippen LogP contribution is 2.34. The summed E-state index contributed by atoms with van der Waals surface area (Å²) in [5.74, 6) is 2.45. The van der Waals surface area contributed by atoms with Gasteiger partial charge in [-0.05, 0) is 18.4 Å². The Morgan fingerprint density at radius 2 is 2.21 bits per heavy atom. The number of rotatable bonds is 3. The fourth-order valence-corrected chi connectivity index (χ4v) is 2.50. The number of hydrogen-bond acceptors (Lipinski definition) is 2. The number of benzene rings is 1. The Kier molecular flexibility index (Phi) is 4.59. The molecule has 0 radical (unpaired) electrons. The molecule has 1 saturated heterocycles. The van der Waals surface area contributed by atoms with Gasteiger partial charge in [-0.2, -0.15) is 0 Å². The lowest BCUT2D eigenvalue weighted by Crippen LogP contribution is -2.39. The zero-order valence-electron chi connectivity index (χ0n) is 11.2. The van der Waals surface area contributed by atoms with Gasteiger partial charge in [0.25, 0.3) is 0 Å². The molecule has 1 fully saturated rings. The monoisotopic (exact) mass is 257 g/mol. The van der Waals surface area contributed by atoms with Gasteiger partial charge in [0.15, 0.2) is 0 Å². The van der Waals surface area contributed by atoms with Gasteiger partial charge in [-0.15, -0.1) is 6.42 Å². The van der Waals surface area contributed by atoms with Gasteiger partial charge >= 0.3 is 0 Å². The van der Waals surface area contributed by atoms with Crippen LogP contribution in [0.1, 0.15) is 24.5 Å². The van der Waals surface area contributed by atoms with Crippen molar-refractivity contribution in [2.75, 3.05) is 20.2 Å². The molecule has 0 aliphatic carbocycles. The van der Waals surface area contributed by atoms with E-state index in [0.29, 0.717) is 13.2 Å². The molecule has 1 aliphatic rings. The van der Waals surface area contributed by atoms with E-state index in [0.717, 1.165) is 18.4 Å². The Morgan fingerprint density at radius 3 is 2.89 bits per heavy atom. The van der Waals surface area contributed by atoms with Crippen LogP contribution in [0, 0.1) is 18.3 Å². The Labute approximate surface area is 114 Å². The minimum absolute atomic E-state index is 0.0755. The molecule has 0 N–H and O–H groups in total. The van der Waals surface area contributed by atoms with Gasteiger partial charge in [-0.1, -0.05) is 36.3 Å². The van der Waals surface area contributed by atoms with Crippen LogP contribution in [-0.4, -0.2) is 31.0 Å². The third-order valence-electron chi connectivity index (χ3n) is 3.47. The van der Waals surface area contributed by atoms with Gasteiger partial charge in [-0.25, -0.2) is 0 Å². The van der Waals surface area contributed by atoms with Crippen LogP contribution in [0.3, 0.4) is 0 Å². The number of ether oxygens (including phenoxy) is 1. The molecular formula is C16H19NO2. The van der Waals surface area contributed by atoms with Gasteiger partial charge in [0.1, 0.15) is 0 Å². The lowest BCUT2D eigenvalue weighted by Gasteiger charge is -2.33. The van der Waals surface area contributed by atoms with E-state index in [-0.39, 0.29) is 17.9 Å². The fraction of sp³-hybridized carbons (Fsp3) is 0.438. The summed E-state index contributed by atoms with van der Waals surface area (Å²) in [5, 5.41) is 0. The molecule has 3 nitrogen and oxygen atoms in total. The standard InChI is InChI=1S/C16H19NO2/c1-3-11-17(2)16(18)14-10-7-12-19-15(14)13-8-5-4-6-9-13/h1,4-6,8-9,14-15H,7,10-12H2,2H3. The van der Waals surface area contributed by atoms with Gasteiger partial charge in [0.05, 0.1) is 18.6 Å². The molecule has 1 aliphatic heterocycles. The van der Waals surface area contributed by atoms with Crippen LogP contribution in [0.15, 0.2) is 30.3 Å². The predicted molar refractivity (Wildman–Crippen MR) is 74.3 cm³/mol. The summed E-state index contributed by atoms with van der Waals surface area (Å²) >= 11 is 0. The second-order valence-corrected chi connectivity index (χ2v) is 4.85. The largest absolute Gasteiger partial charge is 0.373 e. The predicted octanol–water partition coefficient (Wildman–Crippen LogP) is 2.25. The van der Waals surface area contributed by atoms with Crippen molar-refractivity contribution in [3.05, 3.63) is 35.9 Å². The normalized spacial score (nSPS) is 22.5. The zero-order valence-corrected chi connectivity index (χ0v) is 11.2. The number of terminal acetylenes is 1. The minimum Gasteiger partial charge on any atom is -0.373 e. The van der Waals surface area contributed by atoms with E-state index in [1.807, 2.05) is 30.3 Å². The molecule has 2 unspecified atom stereocenters. The lowest BCUT2D eigenvalue weighted by atomic mass is 9.88. The van der Waals surface area contributed by atoms with Gasteiger partial charge in [0, 0.05) is 13.7 Å². The van der Waals surface area contributed by atoms with Gasteiger partial charge in [-0.3, -0.25) is 4.79 Å². The van der Waals surface area contributed by atoms with Crippen molar-refractivity contribution in [3.63, 3.8) is 0 Å². The van der Waals surface area contributed by atoms with Crippen molar-refractivity contribution in [2.24, 2.45) is 5.92 Å². The molecule has 1 heterocycles. The highest BCUT2D eigenvalue weighted by Gasteiger charge is 2.34. The van der Waals surface area contributed by atoms with Crippen LogP contribution in [0.25, 0.3) is 0 Å². The fourth-order valence-electron chi connectivity index (χ4n) is 2.50. The van der Waals surface area contributed by atoms with E-state index < -0.39 is 0 Å². The average molecular weight is 257 g/mol. The molecule has 19 heavy (non-hydrogen) atoms. The lowest BCUT2D eigenvalue weighted by molar-refractivity contribution is -0.143. The van der Waals surface area contributed by atoms with E-state index in [9.17, 15) is 4.79 Å². The Morgan fingerprint density at radius 1 is 1.47 bits per heavy atom. The smallest absolute Gasteiger partial charge is 0.229 e. The van der Waals surface area contributed by atoms with Crippen LogP contribution in [0.5, 0.6) is 0 Å².